The summed E-state index contributed by atoms with van der Waals surface area (Å²) in [5.41, 5.74) is 3.42. The SMILES string of the molecule is CN(C)c1nc(N[C@H]2CC[C@@H](CNCC(CC(O)c3ccc(C4CCCCC4)cc3)Sc3ccc(Cl)cc3)CC2)nc2ccccc12. The summed E-state index contributed by atoms with van der Waals surface area (Å²) in [6, 6.07) is 25.5. The first kappa shape index (κ1) is 34.0. The lowest BCUT2D eigenvalue weighted by atomic mass is 9.83. The van der Waals surface area contributed by atoms with Gasteiger partial charge in [-0.05, 0) is 111 Å². The van der Waals surface area contributed by atoms with Crippen LogP contribution in [-0.4, -0.2) is 53.6 Å². The summed E-state index contributed by atoms with van der Waals surface area (Å²) in [6.45, 7) is 1.84. The molecule has 250 valence electrons. The van der Waals surface area contributed by atoms with Gasteiger partial charge in [-0.15, -0.1) is 11.8 Å². The summed E-state index contributed by atoms with van der Waals surface area (Å²) >= 11 is 8.00. The van der Waals surface area contributed by atoms with Gasteiger partial charge in [-0.3, -0.25) is 0 Å². The van der Waals surface area contributed by atoms with Crippen LogP contribution in [0.15, 0.2) is 77.7 Å². The second-order valence-electron chi connectivity index (χ2n) is 13.7. The van der Waals surface area contributed by atoms with E-state index in [1.54, 1.807) is 0 Å². The van der Waals surface area contributed by atoms with Crippen molar-refractivity contribution in [3.8, 4) is 0 Å². The molecule has 0 saturated heterocycles. The van der Waals surface area contributed by atoms with Crippen molar-refractivity contribution in [1.29, 1.82) is 0 Å². The van der Waals surface area contributed by atoms with Crippen molar-refractivity contribution < 1.29 is 5.11 Å². The minimum absolute atomic E-state index is 0.234. The van der Waals surface area contributed by atoms with E-state index in [2.05, 4.69) is 64.1 Å². The van der Waals surface area contributed by atoms with Crippen LogP contribution in [0.3, 0.4) is 0 Å². The standard InChI is InChI=1S/C39H50ClN5OS/c1-45(2)38-35-10-6-7-11-36(35)43-39(44-38)42-32-20-12-27(13-21-32)25-41-26-34(47-33-22-18-31(40)19-23-33)24-37(46)30-16-14-29(15-17-30)28-8-4-3-5-9-28/h6-7,10-11,14-19,22-23,27-28,32,34,37,41,46H,3-5,8-9,12-13,20-21,24-26H2,1-2H3,(H,42,43,44)/t27-,32+,34?,37?. The monoisotopic (exact) mass is 671 g/mol. The number of para-hydroxylation sites is 1. The van der Waals surface area contributed by atoms with Gasteiger partial charge in [-0.1, -0.05) is 67.3 Å². The average molecular weight is 672 g/mol. The highest BCUT2D eigenvalue weighted by molar-refractivity contribution is 8.00. The van der Waals surface area contributed by atoms with Crippen LogP contribution in [0.25, 0.3) is 10.9 Å². The van der Waals surface area contributed by atoms with Crippen molar-refractivity contribution in [3.63, 3.8) is 0 Å². The van der Waals surface area contributed by atoms with Gasteiger partial charge in [-0.25, -0.2) is 4.98 Å². The number of aliphatic hydroxyl groups excluding tert-OH is 1. The lowest BCUT2D eigenvalue weighted by Gasteiger charge is -2.30. The number of nitrogens with one attached hydrogen (secondary N) is 2. The number of aliphatic hydroxyl groups is 1. The number of hydrogen-bond acceptors (Lipinski definition) is 7. The van der Waals surface area contributed by atoms with Gasteiger partial charge in [0.15, 0.2) is 0 Å². The zero-order chi connectivity index (χ0) is 32.6. The molecule has 2 fully saturated rings. The molecule has 3 aromatic carbocycles. The fourth-order valence-corrected chi connectivity index (χ4v) is 8.58. The minimum Gasteiger partial charge on any atom is -0.388 e. The summed E-state index contributed by atoms with van der Waals surface area (Å²) in [5.74, 6) is 2.99. The van der Waals surface area contributed by atoms with Gasteiger partial charge >= 0.3 is 0 Å². The maximum absolute atomic E-state index is 11.3. The Morgan fingerprint density at radius 2 is 1.60 bits per heavy atom. The largest absolute Gasteiger partial charge is 0.388 e. The molecule has 2 atom stereocenters. The van der Waals surface area contributed by atoms with E-state index in [4.69, 9.17) is 21.6 Å². The molecule has 6 nitrogen and oxygen atoms in total. The van der Waals surface area contributed by atoms with Gasteiger partial charge in [-0.2, -0.15) is 4.98 Å². The number of rotatable bonds is 13. The third-order valence-corrected chi connectivity index (χ3v) is 11.5. The van der Waals surface area contributed by atoms with Crippen molar-refractivity contribution in [2.75, 3.05) is 37.4 Å². The Morgan fingerprint density at radius 1 is 0.872 bits per heavy atom. The van der Waals surface area contributed by atoms with E-state index < -0.39 is 6.10 Å². The van der Waals surface area contributed by atoms with Crippen molar-refractivity contribution >= 4 is 46.0 Å². The number of benzene rings is 3. The van der Waals surface area contributed by atoms with Gasteiger partial charge in [0.05, 0.1) is 11.6 Å². The highest BCUT2D eigenvalue weighted by atomic mass is 35.5. The Labute approximate surface area is 290 Å². The Kier molecular flexibility index (Phi) is 12.0. The maximum atomic E-state index is 11.3. The normalized spacial score (nSPS) is 20.2. The molecule has 0 aliphatic heterocycles. The van der Waals surface area contributed by atoms with Crippen molar-refractivity contribution in [3.05, 3.63) is 88.9 Å². The molecule has 2 aliphatic carbocycles. The van der Waals surface area contributed by atoms with E-state index in [0.29, 0.717) is 24.3 Å². The molecular weight excluding hydrogens is 622 g/mol. The molecule has 1 heterocycles. The Hall–Kier alpha value is -2.84. The molecule has 0 radical (unpaired) electrons. The molecule has 8 heteroatoms. The lowest BCUT2D eigenvalue weighted by molar-refractivity contribution is 0.166. The summed E-state index contributed by atoms with van der Waals surface area (Å²) in [5, 5.41) is 20.8. The molecule has 1 aromatic heterocycles. The number of nitrogens with zero attached hydrogens (tertiary/aromatic N) is 3. The molecule has 0 bridgehead atoms. The highest BCUT2D eigenvalue weighted by Gasteiger charge is 2.24. The first-order valence-corrected chi connectivity index (χ1v) is 18.8. The van der Waals surface area contributed by atoms with Crippen LogP contribution < -0.4 is 15.5 Å². The minimum atomic E-state index is -0.492. The molecule has 6 rings (SSSR count). The smallest absolute Gasteiger partial charge is 0.225 e. The summed E-state index contributed by atoms with van der Waals surface area (Å²) < 4.78 is 0. The van der Waals surface area contributed by atoms with Gasteiger partial charge in [0.2, 0.25) is 5.95 Å². The van der Waals surface area contributed by atoms with E-state index in [1.165, 1.54) is 55.4 Å². The molecule has 2 saturated carbocycles. The number of thioether (sulfide) groups is 1. The van der Waals surface area contributed by atoms with Crippen molar-refractivity contribution in [2.45, 2.75) is 92.4 Å². The Bertz CT molecular complexity index is 1550. The van der Waals surface area contributed by atoms with Crippen LogP contribution in [0.4, 0.5) is 11.8 Å². The third kappa shape index (κ3) is 9.41. The van der Waals surface area contributed by atoms with Crippen molar-refractivity contribution in [1.82, 2.24) is 15.3 Å². The van der Waals surface area contributed by atoms with Crippen LogP contribution >= 0.6 is 23.4 Å². The molecule has 4 aromatic rings. The summed E-state index contributed by atoms with van der Waals surface area (Å²) in [6.07, 6.45) is 11.4. The topological polar surface area (TPSA) is 73.3 Å². The van der Waals surface area contributed by atoms with Gasteiger partial charge in [0.25, 0.3) is 0 Å². The molecule has 0 amide bonds. The quantitative estimate of drug-likeness (QED) is 0.122. The molecule has 47 heavy (non-hydrogen) atoms. The fourth-order valence-electron chi connectivity index (χ4n) is 7.30. The van der Waals surface area contributed by atoms with E-state index in [0.717, 1.165) is 59.2 Å². The number of fused-ring (bicyclic) bond motifs is 1. The maximum Gasteiger partial charge on any atom is 0.225 e. The summed E-state index contributed by atoms with van der Waals surface area (Å²) in [7, 11) is 4.07. The van der Waals surface area contributed by atoms with Gasteiger partial charge in [0.1, 0.15) is 5.82 Å². The second kappa shape index (κ2) is 16.5. The number of anilines is 2. The van der Waals surface area contributed by atoms with E-state index in [1.807, 2.05) is 50.1 Å². The third-order valence-electron chi connectivity index (χ3n) is 9.99. The fraction of sp³-hybridized carbons (Fsp3) is 0.487. The second-order valence-corrected chi connectivity index (χ2v) is 15.6. The number of hydrogen-bond donors (Lipinski definition) is 3. The number of aromatic nitrogens is 2. The Balaban J connectivity index is 1.01. The molecular formula is C39H50ClN5OS. The Morgan fingerprint density at radius 3 is 2.32 bits per heavy atom. The van der Waals surface area contributed by atoms with E-state index in [-0.39, 0.29) is 5.25 Å². The van der Waals surface area contributed by atoms with Crippen LogP contribution in [0, 0.1) is 5.92 Å². The zero-order valence-corrected chi connectivity index (χ0v) is 29.4. The molecule has 3 N–H and O–H groups in total. The van der Waals surface area contributed by atoms with Crippen LogP contribution in [0.2, 0.25) is 5.02 Å². The van der Waals surface area contributed by atoms with E-state index in [9.17, 15) is 5.11 Å². The van der Waals surface area contributed by atoms with Crippen LogP contribution in [0.5, 0.6) is 0 Å². The van der Waals surface area contributed by atoms with Gasteiger partial charge < -0.3 is 20.6 Å². The lowest BCUT2D eigenvalue weighted by Crippen LogP contribution is -2.34. The predicted molar refractivity (Wildman–Crippen MR) is 199 cm³/mol. The molecule has 2 aliphatic rings. The zero-order valence-electron chi connectivity index (χ0n) is 27.9. The summed E-state index contributed by atoms with van der Waals surface area (Å²) in [4.78, 5) is 12.9. The highest BCUT2D eigenvalue weighted by Crippen LogP contribution is 2.35. The predicted octanol–water partition coefficient (Wildman–Crippen LogP) is 9.24. The van der Waals surface area contributed by atoms with Crippen molar-refractivity contribution in [2.24, 2.45) is 5.92 Å². The number of halogens is 1. The molecule has 2 unspecified atom stereocenters. The first-order chi connectivity index (χ1) is 22.9. The average Bonchev–Trinajstić information content (AvgIpc) is 3.10. The first-order valence-electron chi connectivity index (χ1n) is 17.5. The van der Waals surface area contributed by atoms with Crippen LogP contribution in [0.1, 0.15) is 87.4 Å². The molecule has 0 spiro atoms. The van der Waals surface area contributed by atoms with Gasteiger partial charge in [0, 0.05) is 47.2 Å². The van der Waals surface area contributed by atoms with E-state index >= 15 is 0 Å². The van der Waals surface area contributed by atoms with Crippen LogP contribution in [-0.2, 0) is 0 Å².